The average Bonchev–Trinajstić information content (AvgIpc) is 3.31. The summed E-state index contributed by atoms with van der Waals surface area (Å²) in [6.45, 7) is 1.64. The summed E-state index contributed by atoms with van der Waals surface area (Å²) in [6, 6.07) is 10.8. The minimum absolute atomic E-state index is 0.264. The van der Waals surface area contributed by atoms with Gasteiger partial charge in [0.1, 0.15) is 17.0 Å². The quantitative estimate of drug-likeness (QED) is 0.416. The molecule has 30 heavy (non-hydrogen) atoms. The SMILES string of the molecule is Cc1onc(-c2ccccc2Cl)c1C(=O)Nc1ncc(Cc2ccc(F)c(F)c2)s1. The number of nitrogens with zero attached hydrogens (tertiary/aromatic N) is 2. The van der Waals surface area contributed by atoms with E-state index in [0.717, 1.165) is 17.0 Å². The van der Waals surface area contributed by atoms with Gasteiger partial charge in [0.05, 0.1) is 5.02 Å². The van der Waals surface area contributed by atoms with Crippen LogP contribution in [-0.4, -0.2) is 16.0 Å². The summed E-state index contributed by atoms with van der Waals surface area (Å²) in [4.78, 5) is 17.8. The number of amides is 1. The Morgan fingerprint density at radius 1 is 1.20 bits per heavy atom. The van der Waals surface area contributed by atoms with Crippen molar-refractivity contribution in [2.45, 2.75) is 13.3 Å². The number of anilines is 1. The van der Waals surface area contributed by atoms with E-state index < -0.39 is 17.5 Å². The Kier molecular flexibility index (Phi) is 5.61. The first kappa shape index (κ1) is 20.2. The lowest BCUT2D eigenvalue weighted by molar-refractivity contribution is 0.102. The van der Waals surface area contributed by atoms with Crippen molar-refractivity contribution >= 4 is 34.0 Å². The van der Waals surface area contributed by atoms with Crippen molar-refractivity contribution < 1.29 is 18.1 Å². The zero-order valence-electron chi connectivity index (χ0n) is 15.6. The Hall–Kier alpha value is -3.10. The van der Waals surface area contributed by atoms with Crippen LogP contribution >= 0.6 is 22.9 Å². The number of hydrogen-bond donors (Lipinski definition) is 1. The molecule has 0 aliphatic rings. The lowest BCUT2D eigenvalue weighted by atomic mass is 10.1. The van der Waals surface area contributed by atoms with Gasteiger partial charge in [-0.15, -0.1) is 11.3 Å². The maximum atomic E-state index is 13.4. The Labute approximate surface area is 179 Å². The van der Waals surface area contributed by atoms with Gasteiger partial charge in [0.15, 0.2) is 16.8 Å². The predicted molar refractivity (Wildman–Crippen MR) is 111 cm³/mol. The fraction of sp³-hybridized carbons (Fsp3) is 0.0952. The van der Waals surface area contributed by atoms with Gasteiger partial charge in [-0.25, -0.2) is 13.8 Å². The molecule has 2 heterocycles. The second-order valence-electron chi connectivity index (χ2n) is 6.45. The molecule has 4 aromatic rings. The van der Waals surface area contributed by atoms with Gasteiger partial charge in [0.25, 0.3) is 5.91 Å². The van der Waals surface area contributed by atoms with E-state index in [9.17, 15) is 13.6 Å². The Bertz CT molecular complexity index is 1240. The van der Waals surface area contributed by atoms with Gasteiger partial charge < -0.3 is 4.52 Å². The van der Waals surface area contributed by atoms with Crippen molar-refractivity contribution in [1.82, 2.24) is 10.1 Å². The van der Waals surface area contributed by atoms with Crippen LogP contribution in [-0.2, 0) is 6.42 Å². The van der Waals surface area contributed by atoms with Gasteiger partial charge >= 0.3 is 0 Å². The van der Waals surface area contributed by atoms with Gasteiger partial charge in [0.2, 0.25) is 0 Å². The van der Waals surface area contributed by atoms with Gasteiger partial charge in [-0.05, 0) is 30.7 Å². The molecule has 0 unspecified atom stereocenters. The van der Waals surface area contributed by atoms with Crippen LogP contribution < -0.4 is 5.32 Å². The molecule has 0 aliphatic heterocycles. The highest BCUT2D eigenvalue weighted by molar-refractivity contribution is 7.15. The Balaban J connectivity index is 1.54. The van der Waals surface area contributed by atoms with Crippen molar-refractivity contribution in [3.8, 4) is 11.3 Å². The topological polar surface area (TPSA) is 68.0 Å². The first-order valence-corrected chi connectivity index (χ1v) is 10.0. The highest BCUT2D eigenvalue weighted by Gasteiger charge is 2.23. The molecule has 2 aromatic heterocycles. The van der Waals surface area contributed by atoms with E-state index in [1.165, 1.54) is 17.4 Å². The van der Waals surface area contributed by atoms with E-state index in [1.54, 1.807) is 37.4 Å². The fourth-order valence-electron chi connectivity index (χ4n) is 2.93. The normalized spacial score (nSPS) is 10.9. The fourth-order valence-corrected chi connectivity index (χ4v) is 4.00. The van der Waals surface area contributed by atoms with Gasteiger partial charge in [-0.3, -0.25) is 10.1 Å². The van der Waals surface area contributed by atoms with Crippen LogP contribution in [0.15, 0.2) is 53.2 Å². The van der Waals surface area contributed by atoms with E-state index in [2.05, 4.69) is 15.5 Å². The molecule has 2 aromatic carbocycles. The molecule has 0 spiro atoms. The summed E-state index contributed by atoms with van der Waals surface area (Å²) < 4.78 is 31.7. The molecule has 9 heteroatoms. The van der Waals surface area contributed by atoms with Gasteiger partial charge in [0, 0.05) is 23.1 Å². The highest BCUT2D eigenvalue weighted by Crippen LogP contribution is 2.32. The molecular weight excluding hydrogens is 432 g/mol. The van der Waals surface area contributed by atoms with Crippen molar-refractivity contribution in [2.75, 3.05) is 5.32 Å². The summed E-state index contributed by atoms with van der Waals surface area (Å²) in [5.41, 5.74) is 1.79. The van der Waals surface area contributed by atoms with Crippen molar-refractivity contribution in [2.24, 2.45) is 0 Å². The van der Waals surface area contributed by atoms with Gasteiger partial charge in [-0.1, -0.05) is 41.0 Å². The predicted octanol–water partition coefficient (Wildman–Crippen LogP) is 5.88. The van der Waals surface area contributed by atoms with Crippen molar-refractivity contribution in [3.05, 3.63) is 87.1 Å². The first-order valence-electron chi connectivity index (χ1n) is 8.83. The van der Waals surface area contributed by atoms with Crippen molar-refractivity contribution in [3.63, 3.8) is 0 Å². The third-order valence-corrected chi connectivity index (χ3v) is 5.60. The monoisotopic (exact) mass is 445 g/mol. The minimum Gasteiger partial charge on any atom is -0.360 e. The number of rotatable bonds is 5. The Morgan fingerprint density at radius 2 is 2.00 bits per heavy atom. The number of nitrogens with one attached hydrogen (secondary N) is 1. The molecule has 1 N–H and O–H groups in total. The highest BCUT2D eigenvalue weighted by atomic mass is 35.5. The molecule has 1 amide bonds. The number of aryl methyl sites for hydroxylation is 1. The van der Waals surface area contributed by atoms with E-state index in [-0.39, 0.29) is 5.56 Å². The number of aromatic nitrogens is 2. The number of carbonyl (C=O) groups is 1. The molecule has 0 atom stereocenters. The number of halogens is 3. The van der Waals surface area contributed by atoms with E-state index in [1.807, 2.05) is 0 Å². The number of hydrogen-bond acceptors (Lipinski definition) is 5. The second kappa shape index (κ2) is 8.33. The zero-order valence-corrected chi connectivity index (χ0v) is 17.2. The first-order chi connectivity index (χ1) is 14.4. The van der Waals surface area contributed by atoms with Gasteiger partial charge in [-0.2, -0.15) is 0 Å². The number of benzene rings is 2. The molecular formula is C21H14ClF2N3O2S. The van der Waals surface area contributed by atoms with E-state index in [0.29, 0.717) is 39.2 Å². The molecule has 0 saturated heterocycles. The molecule has 5 nitrogen and oxygen atoms in total. The lowest BCUT2D eigenvalue weighted by Crippen LogP contribution is -2.13. The van der Waals surface area contributed by atoms with Crippen LogP contribution in [0.2, 0.25) is 5.02 Å². The molecule has 4 rings (SSSR count). The number of thiazole rings is 1. The average molecular weight is 446 g/mol. The second-order valence-corrected chi connectivity index (χ2v) is 7.98. The minimum atomic E-state index is -0.902. The smallest absolute Gasteiger partial charge is 0.263 e. The molecule has 152 valence electrons. The lowest BCUT2D eigenvalue weighted by Gasteiger charge is -2.04. The number of carbonyl (C=O) groups excluding carboxylic acids is 1. The molecule has 0 aliphatic carbocycles. The van der Waals surface area contributed by atoms with Crippen LogP contribution in [0.25, 0.3) is 11.3 Å². The van der Waals surface area contributed by atoms with Crippen LogP contribution in [0.1, 0.15) is 26.6 Å². The van der Waals surface area contributed by atoms with Crippen LogP contribution in [0.3, 0.4) is 0 Å². The molecule has 0 saturated carbocycles. The maximum Gasteiger partial charge on any atom is 0.263 e. The molecule has 0 bridgehead atoms. The van der Waals surface area contributed by atoms with E-state index in [4.69, 9.17) is 16.1 Å². The van der Waals surface area contributed by atoms with Crippen LogP contribution in [0.5, 0.6) is 0 Å². The standard InChI is InChI=1S/C21H14ClF2N3O2S/c1-11-18(19(27-29-11)14-4-2-3-5-15(14)22)20(28)26-21-25-10-13(30-21)8-12-6-7-16(23)17(24)9-12/h2-7,9-10H,8H2,1H3,(H,25,26,28). The summed E-state index contributed by atoms with van der Waals surface area (Å²) in [5.74, 6) is -1.88. The zero-order chi connectivity index (χ0) is 21.3. The third kappa shape index (κ3) is 4.10. The molecule has 0 radical (unpaired) electrons. The molecule has 0 fully saturated rings. The third-order valence-electron chi connectivity index (χ3n) is 4.36. The van der Waals surface area contributed by atoms with Crippen LogP contribution in [0, 0.1) is 18.6 Å². The summed E-state index contributed by atoms with van der Waals surface area (Å²) in [5, 5.41) is 7.53. The van der Waals surface area contributed by atoms with E-state index >= 15 is 0 Å². The summed E-state index contributed by atoms with van der Waals surface area (Å²) in [7, 11) is 0. The maximum absolute atomic E-state index is 13.4. The van der Waals surface area contributed by atoms with Crippen molar-refractivity contribution in [1.29, 1.82) is 0 Å². The largest absolute Gasteiger partial charge is 0.360 e. The summed E-state index contributed by atoms with van der Waals surface area (Å²) >= 11 is 7.47. The van der Waals surface area contributed by atoms with Crippen LogP contribution in [0.4, 0.5) is 13.9 Å². The summed E-state index contributed by atoms with van der Waals surface area (Å²) in [6.07, 6.45) is 1.94. The Morgan fingerprint density at radius 3 is 2.77 bits per heavy atom.